The first-order valence-electron chi connectivity index (χ1n) is 9.82. The van der Waals surface area contributed by atoms with Gasteiger partial charge in [0.25, 0.3) is 15.9 Å². The van der Waals surface area contributed by atoms with Crippen molar-refractivity contribution >= 4 is 33.2 Å². The number of carbonyl (C=O) groups excluding carboxylic acids is 1. The van der Waals surface area contributed by atoms with Gasteiger partial charge < -0.3 is 4.90 Å². The molecule has 0 aromatic heterocycles. The van der Waals surface area contributed by atoms with Crippen molar-refractivity contribution in [2.45, 2.75) is 11.4 Å². The van der Waals surface area contributed by atoms with Crippen LogP contribution in [-0.4, -0.2) is 32.8 Å². The van der Waals surface area contributed by atoms with Gasteiger partial charge in [0.1, 0.15) is 11.6 Å². The lowest BCUT2D eigenvalue weighted by Gasteiger charge is -2.24. The monoisotopic (exact) mass is 490 g/mol. The van der Waals surface area contributed by atoms with Gasteiger partial charge >= 0.3 is 0 Å². The number of benzene rings is 3. The summed E-state index contributed by atoms with van der Waals surface area (Å²) in [5, 5.41) is 0.246. The molecule has 3 aromatic carbocycles. The highest BCUT2D eigenvalue weighted by Gasteiger charge is 2.27. The zero-order valence-corrected chi connectivity index (χ0v) is 19.3. The standard InChI is InChI=1S/C24H21ClF2N2O3S/c1-3-13-29(23-10-5-4-9-21(23)25)33(31,32)20-8-6-7-17(14-20)24(30)28(2)16-18-11-12-19(26)15-22(18)27/h3-12,14-15H,1,13,16H2,2H3. The van der Waals surface area contributed by atoms with Gasteiger partial charge in [-0.25, -0.2) is 17.2 Å². The van der Waals surface area contributed by atoms with E-state index in [1.165, 1.54) is 48.4 Å². The molecule has 9 heteroatoms. The number of sulfonamides is 1. The highest BCUT2D eigenvalue weighted by atomic mass is 35.5. The Morgan fingerprint density at radius 1 is 1.06 bits per heavy atom. The maximum atomic E-state index is 14.0. The van der Waals surface area contributed by atoms with E-state index in [0.717, 1.165) is 16.4 Å². The normalized spacial score (nSPS) is 11.2. The van der Waals surface area contributed by atoms with E-state index in [-0.39, 0.29) is 39.8 Å². The van der Waals surface area contributed by atoms with Crippen LogP contribution in [0.3, 0.4) is 0 Å². The molecule has 1 amide bonds. The number of hydrogen-bond acceptors (Lipinski definition) is 3. The Balaban J connectivity index is 1.92. The van der Waals surface area contributed by atoms with Crippen LogP contribution in [0.1, 0.15) is 15.9 Å². The van der Waals surface area contributed by atoms with Crippen LogP contribution in [0.4, 0.5) is 14.5 Å². The molecule has 0 aliphatic rings. The average molecular weight is 491 g/mol. The third-order valence-corrected chi connectivity index (χ3v) is 6.95. The highest BCUT2D eigenvalue weighted by Crippen LogP contribution is 2.30. The minimum atomic E-state index is -4.09. The first-order valence-corrected chi connectivity index (χ1v) is 11.6. The molecule has 0 radical (unpaired) electrons. The van der Waals surface area contributed by atoms with E-state index in [2.05, 4.69) is 6.58 Å². The van der Waals surface area contributed by atoms with Gasteiger partial charge in [-0.05, 0) is 36.4 Å². The molecule has 0 saturated carbocycles. The molecular formula is C24H21ClF2N2O3S. The van der Waals surface area contributed by atoms with E-state index in [4.69, 9.17) is 11.6 Å². The first kappa shape index (κ1) is 24.4. The van der Waals surface area contributed by atoms with Crippen LogP contribution in [0, 0.1) is 11.6 Å². The van der Waals surface area contributed by atoms with E-state index in [1.807, 2.05) is 0 Å². The van der Waals surface area contributed by atoms with Gasteiger partial charge in [-0.1, -0.05) is 41.9 Å². The molecule has 0 heterocycles. The van der Waals surface area contributed by atoms with Crippen LogP contribution in [0.2, 0.25) is 5.02 Å². The maximum Gasteiger partial charge on any atom is 0.264 e. The second-order valence-corrected chi connectivity index (χ2v) is 9.47. The Bertz CT molecular complexity index is 1300. The SMILES string of the molecule is C=CCN(c1ccccc1Cl)S(=O)(=O)c1cccc(C(=O)N(C)Cc2ccc(F)cc2F)c1. The zero-order chi connectivity index (χ0) is 24.2. The van der Waals surface area contributed by atoms with Crippen molar-refractivity contribution in [3.05, 3.63) is 107 Å². The first-order chi connectivity index (χ1) is 15.6. The molecule has 0 spiro atoms. The molecule has 0 aliphatic carbocycles. The van der Waals surface area contributed by atoms with E-state index >= 15 is 0 Å². The molecule has 172 valence electrons. The van der Waals surface area contributed by atoms with Crippen LogP contribution >= 0.6 is 11.6 Å². The predicted molar refractivity (Wildman–Crippen MR) is 125 cm³/mol. The second kappa shape index (κ2) is 10.1. The number of carbonyl (C=O) groups is 1. The Morgan fingerprint density at radius 3 is 2.45 bits per heavy atom. The number of rotatable bonds is 8. The molecule has 0 unspecified atom stereocenters. The summed E-state index contributed by atoms with van der Waals surface area (Å²) >= 11 is 6.22. The zero-order valence-electron chi connectivity index (χ0n) is 17.7. The van der Waals surface area contributed by atoms with Crippen LogP contribution in [0.15, 0.2) is 84.3 Å². The van der Waals surface area contributed by atoms with Crippen LogP contribution in [0.5, 0.6) is 0 Å². The summed E-state index contributed by atoms with van der Waals surface area (Å²) in [5.41, 5.74) is 0.505. The quantitative estimate of drug-likeness (QED) is 0.404. The van der Waals surface area contributed by atoms with Crippen molar-refractivity contribution in [2.75, 3.05) is 17.9 Å². The summed E-state index contributed by atoms with van der Waals surface area (Å²) in [7, 11) is -2.64. The molecule has 0 aliphatic heterocycles. The Hall–Kier alpha value is -3.23. The van der Waals surface area contributed by atoms with E-state index in [1.54, 1.807) is 24.3 Å². The lowest BCUT2D eigenvalue weighted by molar-refractivity contribution is 0.0783. The number of para-hydroxylation sites is 1. The summed E-state index contributed by atoms with van der Waals surface area (Å²) in [6.45, 7) is 3.47. The molecule has 0 atom stereocenters. The molecule has 0 fully saturated rings. The van der Waals surface area contributed by atoms with Crippen molar-refractivity contribution in [3.8, 4) is 0 Å². The molecule has 0 bridgehead atoms. The van der Waals surface area contributed by atoms with Gasteiger partial charge in [-0.2, -0.15) is 0 Å². The summed E-state index contributed by atoms with van der Waals surface area (Å²) in [4.78, 5) is 14.0. The molecular weight excluding hydrogens is 470 g/mol. The molecule has 3 rings (SSSR count). The molecule has 33 heavy (non-hydrogen) atoms. The van der Waals surface area contributed by atoms with Gasteiger partial charge in [0.2, 0.25) is 0 Å². The summed E-state index contributed by atoms with van der Waals surface area (Å²) < 4.78 is 55.0. The number of halogens is 3. The van der Waals surface area contributed by atoms with E-state index < -0.39 is 27.6 Å². The fourth-order valence-electron chi connectivity index (χ4n) is 3.21. The fraction of sp³-hybridized carbons (Fsp3) is 0.125. The van der Waals surface area contributed by atoms with Crippen molar-refractivity contribution in [2.24, 2.45) is 0 Å². The van der Waals surface area contributed by atoms with E-state index in [9.17, 15) is 22.0 Å². The Labute approximate surface area is 196 Å². The predicted octanol–water partition coefficient (Wildman–Crippen LogP) is 5.27. The summed E-state index contributed by atoms with van der Waals surface area (Å²) in [5.74, 6) is -2.01. The van der Waals surface area contributed by atoms with Crippen LogP contribution in [-0.2, 0) is 16.6 Å². The Morgan fingerprint density at radius 2 is 1.79 bits per heavy atom. The largest absolute Gasteiger partial charge is 0.337 e. The Kier molecular flexibility index (Phi) is 7.50. The molecule has 0 N–H and O–H groups in total. The fourth-order valence-corrected chi connectivity index (χ4v) is 5.00. The van der Waals surface area contributed by atoms with Crippen LogP contribution in [0.25, 0.3) is 0 Å². The maximum absolute atomic E-state index is 14.0. The lowest BCUT2D eigenvalue weighted by Crippen LogP contribution is -2.32. The highest BCUT2D eigenvalue weighted by molar-refractivity contribution is 7.92. The van der Waals surface area contributed by atoms with Gasteiger partial charge in [0.15, 0.2) is 0 Å². The topological polar surface area (TPSA) is 57.7 Å². The second-order valence-electron chi connectivity index (χ2n) is 7.20. The van der Waals surface area contributed by atoms with Gasteiger partial charge in [0.05, 0.1) is 22.2 Å². The average Bonchev–Trinajstić information content (AvgIpc) is 2.79. The summed E-state index contributed by atoms with van der Waals surface area (Å²) in [6.07, 6.45) is 1.43. The van der Waals surface area contributed by atoms with Gasteiger partial charge in [-0.15, -0.1) is 6.58 Å². The molecule has 3 aromatic rings. The third-order valence-electron chi connectivity index (χ3n) is 4.85. The van der Waals surface area contributed by atoms with Crippen molar-refractivity contribution in [1.82, 2.24) is 4.90 Å². The molecule has 5 nitrogen and oxygen atoms in total. The number of hydrogen-bond donors (Lipinski definition) is 0. The number of amides is 1. The van der Waals surface area contributed by atoms with Crippen molar-refractivity contribution in [1.29, 1.82) is 0 Å². The number of anilines is 1. The van der Waals surface area contributed by atoms with Crippen molar-refractivity contribution in [3.63, 3.8) is 0 Å². The van der Waals surface area contributed by atoms with Gasteiger partial charge in [-0.3, -0.25) is 9.10 Å². The number of nitrogens with zero attached hydrogens (tertiary/aromatic N) is 2. The minimum absolute atomic E-state index is 0.0337. The lowest BCUT2D eigenvalue weighted by atomic mass is 10.1. The minimum Gasteiger partial charge on any atom is -0.337 e. The molecule has 0 saturated heterocycles. The third kappa shape index (κ3) is 5.40. The van der Waals surface area contributed by atoms with Crippen LogP contribution < -0.4 is 4.31 Å². The smallest absolute Gasteiger partial charge is 0.264 e. The summed E-state index contributed by atoms with van der Waals surface area (Å²) in [6, 6.07) is 15.1. The van der Waals surface area contributed by atoms with Crippen molar-refractivity contribution < 1.29 is 22.0 Å². The van der Waals surface area contributed by atoms with E-state index in [0.29, 0.717) is 0 Å². The van der Waals surface area contributed by atoms with Gasteiger partial charge in [0, 0.05) is 30.8 Å².